The Balaban J connectivity index is 2.70. The van der Waals surface area contributed by atoms with Crippen molar-refractivity contribution >= 4 is 11.0 Å². The summed E-state index contributed by atoms with van der Waals surface area (Å²) in [7, 11) is 0. The second kappa shape index (κ2) is 3.42. The zero-order valence-corrected chi connectivity index (χ0v) is 7.83. The molecule has 0 saturated heterocycles. The summed E-state index contributed by atoms with van der Waals surface area (Å²) in [5.41, 5.74) is 0.988. The number of furan rings is 1. The van der Waals surface area contributed by atoms with Gasteiger partial charge < -0.3 is 9.52 Å². The van der Waals surface area contributed by atoms with Crippen LogP contribution in [0.25, 0.3) is 11.0 Å². The third-order valence-corrected chi connectivity index (χ3v) is 2.37. The van der Waals surface area contributed by atoms with Crippen LogP contribution < -0.4 is 0 Å². The largest absolute Gasteiger partial charge is 0.464 e. The standard InChI is InChI=1S/C11H11FO2/c1-7(6-13)10-9(12)3-2-8-4-5-14-11(8)10/h2-5,7,13H,6H2,1H3. The third-order valence-electron chi connectivity index (χ3n) is 2.37. The van der Waals surface area contributed by atoms with Gasteiger partial charge in [-0.1, -0.05) is 6.92 Å². The van der Waals surface area contributed by atoms with Crippen molar-refractivity contribution in [1.82, 2.24) is 0 Å². The SMILES string of the molecule is CC(CO)c1c(F)ccc2ccoc12. The van der Waals surface area contributed by atoms with Gasteiger partial charge in [0.15, 0.2) is 0 Å². The molecule has 1 unspecified atom stereocenters. The van der Waals surface area contributed by atoms with Gasteiger partial charge >= 0.3 is 0 Å². The Morgan fingerprint density at radius 2 is 2.21 bits per heavy atom. The maximum atomic E-state index is 13.5. The monoisotopic (exact) mass is 194 g/mol. The maximum Gasteiger partial charge on any atom is 0.140 e. The number of fused-ring (bicyclic) bond motifs is 1. The first kappa shape index (κ1) is 9.21. The summed E-state index contributed by atoms with van der Waals surface area (Å²) in [4.78, 5) is 0. The summed E-state index contributed by atoms with van der Waals surface area (Å²) >= 11 is 0. The first-order chi connectivity index (χ1) is 6.74. The van der Waals surface area contributed by atoms with E-state index in [1.165, 1.54) is 12.3 Å². The van der Waals surface area contributed by atoms with E-state index in [2.05, 4.69) is 0 Å². The number of aliphatic hydroxyl groups excluding tert-OH is 1. The molecule has 0 bridgehead atoms. The molecule has 1 aromatic carbocycles. The summed E-state index contributed by atoms with van der Waals surface area (Å²) in [6, 6.07) is 4.85. The lowest BCUT2D eigenvalue weighted by Gasteiger charge is -2.09. The molecular weight excluding hydrogens is 183 g/mol. The van der Waals surface area contributed by atoms with Crippen LogP contribution in [0.4, 0.5) is 4.39 Å². The number of halogens is 1. The van der Waals surface area contributed by atoms with Crippen LogP contribution in [-0.2, 0) is 0 Å². The third kappa shape index (κ3) is 1.30. The molecule has 1 aromatic heterocycles. The predicted octanol–water partition coefficient (Wildman–Crippen LogP) is 2.67. The van der Waals surface area contributed by atoms with Crippen LogP contribution in [0.3, 0.4) is 0 Å². The summed E-state index contributed by atoms with van der Waals surface area (Å²) in [5, 5.41) is 9.86. The Kier molecular flexibility index (Phi) is 2.25. The summed E-state index contributed by atoms with van der Waals surface area (Å²) in [6.45, 7) is 1.68. The van der Waals surface area contributed by atoms with Gasteiger partial charge in [-0.15, -0.1) is 0 Å². The van der Waals surface area contributed by atoms with E-state index in [1.807, 2.05) is 0 Å². The second-order valence-corrected chi connectivity index (χ2v) is 3.38. The molecule has 2 nitrogen and oxygen atoms in total. The van der Waals surface area contributed by atoms with E-state index < -0.39 is 0 Å². The topological polar surface area (TPSA) is 33.4 Å². The Morgan fingerprint density at radius 3 is 2.93 bits per heavy atom. The number of hydrogen-bond acceptors (Lipinski definition) is 2. The highest BCUT2D eigenvalue weighted by Gasteiger charge is 2.15. The minimum Gasteiger partial charge on any atom is -0.464 e. The smallest absolute Gasteiger partial charge is 0.140 e. The Morgan fingerprint density at radius 1 is 1.43 bits per heavy atom. The molecule has 0 saturated carbocycles. The van der Waals surface area contributed by atoms with Crippen molar-refractivity contribution in [3.8, 4) is 0 Å². The van der Waals surface area contributed by atoms with Gasteiger partial charge in [-0.25, -0.2) is 4.39 Å². The van der Waals surface area contributed by atoms with Crippen molar-refractivity contribution < 1.29 is 13.9 Å². The van der Waals surface area contributed by atoms with Gasteiger partial charge in [-0.05, 0) is 18.2 Å². The Labute approximate surface area is 81.0 Å². The molecular formula is C11H11FO2. The van der Waals surface area contributed by atoms with Crippen LogP contribution in [0.5, 0.6) is 0 Å². The van der Waals surface area contributed by atoms with Gasteiger partial charge in [-0.3, -0.25) is 0 Å². The molecule has 0 spiro atoms. The quantitative estimate of drug-likeness (QED) is 0.797. The number of rotatable bonds is 2. The molecule has 0 aliphatic carbocycles. The Bertz CT molecular complexity index is 447. The van der Waals surface area contributed by atoms with Crippen LogP contribution in [0, 0.1) is 5.82 Å². The zero-order chi connectivity index (χ0) is 10.1. The molecule has 0 aliphatic heterocycles. The van der Waals surface area contributed by atoms with Gasteiger partial charge in [-0.2, -0.15) is 0 Å². The predicted molar refractivity (Wildman–Crippen MR) is 51.7 cm³/mol. The van der Waals surface area contributed by atoms with Crippen molar-refractivity contribution in [2.75, 3.05) is 6.61 Å². The highest BCUT2D eigenvalue weighted by molar-refractivity contribution is 5.81. The lowest BCUT2D eigenvalue weighted by atomic mass is 9.99. The van der Waals surface area contributed by atoms with Crippen molar-refractivity contribution in [2.24, 2.45) is 0 Å². The molecule has 1 heterocycles. The van der Waals surface area contributed by atoms with Crippen LogP contribution >= 0.6 is 0 Å². The molecule has 0 aliphatic rings. The molecule has 2 aromatic rings. The van der Waals surface area contributed by atoms with Gasteiger partial charge in [0, 0.05) is 23.5 Å². The second-order valence-electron chi connectivity index (χ2n) is 3.38. The van der Waals surface area contributed by atoms with Crippen LogP contribution in [0.15, 0.2) is 28.9 Å². The van der Waals surface area contributed by atoms with E-state index in [0.29, 0.717) is 11.1 Å². The summed E-state index contributed by atoms with van der Waals surface area (Å²) < 4.78 is 18.7. The lowest BCUT2D eigenvalue weighted by molar-refractivity contribution is 0.270. The van der Waals surface area contributed by atoms with E-state index >= 15 is 0 Å². The highest BCUT2D eigenvalue weighted by atomic mass is 19.1. The average molecular weight is 194 g/mol. The molecule has 0 amide bonds. The van der Waals surface area contributed by atoms with E-state index in [4.69, 9.17) is 9.52 Å². The van der Waals surface area contributed by atoms with E-state index in [0.717, 1.165) is 5.39 Å². The normalized spacial score (nSPS) is 13.4. The highest BCUT2D eigenvalue weighted by Crippen LogP contribution is 2.28. The lowest BCUT2D eigenvalue weighted by Crippen LogP contribution is -2.02. The van der Waals surface area contributed by atoms with Crippen molar-refractivity contribution in [2.45, 2.75) is 12.8 Å². The molecule has 14 heavy (non-hydrogen) atoms. The zero-order valence-electron chi connectivity index (χ0n) is 7.83. The number of hydrogen-bond donors (Lipinski definition) is 1. The van der Waals surface area contributed by atoms with Crippen LogP contribution in [0.1, 0.15) is 18.4 Å². The minimum atomic E-state index is -0.325. The Hall–Kier alpha value is -1.35. The molecule has 0 radical (unpaired) electrons. The van der Waals surface area contributed by atoms with Gasteiger partial charge in [0.2, 0.25) is 0 Å². The molecule has 74 valence electrons. The fourth-order valence-corrected chi connectivity index (χ4v) is 1.58. The molecule has 0 fully saturated rings. The van der Waals surface area contributed by atoms with Crippen molar-refractivity contribution in [1.29, 1.82) is 0 Å². The number of benzene rings is 1. The molecule has 2 rings (SSSR count). The molecule has 1 atom stereocenters. The van der Waals surface area contributed by atoms with Crippen molar-refractivity contribution in [3.05, 3.63) is 35.8 Å². The summed E-state index contributed by atoms with van der Waals surface area (Å²) in [5.74, 6) is -0.571. The first-order valence-electron chi connectivity index (χ1n) is 4.50. The van der Waals surface area contributed by atoms with E-state index in [-0.39, 0.29) is 18.3 Å². The molecule has 1 N–H and O–H groups in total. The van der Waals surface area contributed by atoms with Crippen molar-refractivity contribution in [3.63, 3.8) is 0 Å². The first-order valence-corrected chi connectivity index (χ1v) is 4.50. The maximum absolute atomic E-state index is 13.5. The van der Waals surface area contributed by atoms with Gasteiger partial charge in [0.1, 0.15) is 11.4 Å². The fraction of sp³-hybridized carbons (Fsp3) is 0.273. The van der Waals surface area contributed by atoms with Crippen LogP contribution in [0.2, 0.25) is 0 Å². The van der Waals surface area contributed by atoms with Gasteiger partial charge in [0.05, 0.1) is 6.26 Å². The van der Waals surface area contributed by atoms with E-state index in [9.17, 15) is 4.39 Å². The minimum absolute atomic E-state index is 0.0866. The molecule has 3 heteroatoms. The number of aliphatic hydroxyl groups is 1. The van der Waals surface area contributed by atoms with E-state index in [1.54, 1.807) is 19.1 Å². The average Bonchev–Trinajstić information content (AvgIpc) is 2.64. The van der Waals surface area contributed by atoms with Gasteiger partial charge in [0.25, 0.3) is 0 Å². The fourth-order valence-electron chi connectivity index (χ4n) is 1.58. The van der Waals surface area contributed by atoms with Crippen LogP contribution in [-0.4, -0.2) is 11.7 Å². The summed E-state index contributed by atoms with van der Waals surface area (Å²) in [6.07, 6.45) is 1.53.